The van der Waals surface area contributed by atoms with E-state index in [9.17, 15) is 9.18 Å². The summed E-state index contributed by atoms with van der Waals surface area (Å²) in [5.41, 5.74) is 4.83. The quantitative estimate of drug-likeness (QED) is 0.763. The molecule has 1 fully saturated rings. The lowest BCUT2D eigenvalue weighted by Gasteiger charge is -2.37. The van der Waals surface area contributed by atoms with E-state index in [4.69, 9.17) is 4.74 Å². The van der Waals surface area contributed by atoms with Gasteiger partial charge in [0, 0.05) is 48.6 Å². The Morgan fingerprint density at radius 1 is 1.10 bits per heavy atom. The van der Waals surface area contributed by atoms with Gasteiger partial charge in [0.2, 0.25) is 0 Å². The van der Waals surface area contributed by atoms with Crippen molar-refractivity contribution in [2.24, 2.45) is 0 Å². The lowest BCUT2D eigenvalue weighted by atomic mass is 9.99. The summed E-state index contributed by atoms with van der Waals surface area (Å²) < 4.78 is 19.7. The molecule has 6 heteroatoms. The molecule has 2 aromatic rings. The van der Waals surface area contributed by atoms with E-state index in [0.717, 1.165) is 37.3 Å². The maximum atomic E-state index is 13.8. The van der Waals surface area contributed by atoms with E-state index < -0.39 is 0 Å². The average Bonchev–Trinajstić information content (AvgIpc) is 3.31. The highest BCUT2D eigenvalue weighted by atomic mass is 19.1. The number of nitrogens with one attached hydrogen (secondary N) is 1. The van der Waals surface area contributed by atoms with Gasteiger partial charge in [-0.25, -0.2) is 14.4 Å². The number of carbonyl (C=O) groups is 1. The fraction of sp³-hybridized carbons (Fsp3) is 0.375. The van der Waals surface area contributed by atoms with E-state index in [0.29, 0.717) is 29.2 Å². The van der Waals surface area contributed by atoms with Crippen LogP contribution < -0.4 is 5.32 Å². The van der Waals surface area contributed by atoms with Crippen LogP contribution in [0.25, 0.3) is 11.3 Å². The Labute approximate surface area is 176 Å². The highest BCUT2D eigenvalue weighted by Gasteiger charge is 2.33. The highest BCUT2D eigenvalue weighted by molar-refractivity contribution is 6.36. The molecule has 0 spiro atoms. The van der Waals surface area contributed by atoms with Gasteiger partial charge in [-0.1, -0.05) is 31.5 Å². The highest BCUT2D eigenvalue weighted by Crippen LogP contribution is 2.42. The number of amides is 1. The number of anilines is 1. The molecule has 3 heterocycles. The van der Waals surface area contributed by atoms with Gasteiger partial charge in [-0.15, -0.1) is 0 Å². The van der Waals surface area contributed by atoms with Gasteiger partial charge in [0.05, 0.1) is 5.57 Å². The predicted octanol–water partition coefficient (Wildman–Crippen LogP) is 4.40. The number of rotatable bonds is 4. The van der Waals surface area contributed by atoms with Crippen LogP contribution in [0.4, 0.5) is 10.1 Å². The van der Waals surface area contributed by atoms with Crippen molar-refractivity contribution in [3.8, 4) is 0 Å². The summed E-state index contributed by atoms with van der Waals surface area (Å²) in [5, 5.41) is 7.69. The standard InChI is InChI=1S/C24H26FN3O2/c1-2-27(28-10-4-3-5-11-28)14-16-6-8-19-17(12-16)15-30-23(19)22-20-13-18(25)7-9-21(20)26-24(22)29/h6-9,12-13H,2-5,10-11,14-15H2,1H3,(H,26,29). The second kappa shape index (κ2) is 7.85. The Morgan fingerprint density at radius 3 is 2.73 bits per heavy atom. The molecule has 1 N–H and O–H groups in total. The third-order valence-corrected chi connectivity index (χ3v) is 6.20. The van der Waals surface area contributed by atoms with Crippen molar-refractivity contribution in [1.82, 2.24) is 10.0 Å². The van der Waals surface area contributed by atoms with Crippen molar-refractivity contribution in [1.29, 1.82) is 0 Å². The summed E-state index contributed by atoms with van der Waals surface area (Å²) in [5.74, 6) is -0.0687. The minimum absolute atomic E-state index is 0.246. The number of halogens is 1. The first-order valence-electron chi connectivity index (χ1n) is 10.7. The summed E-state index contributed by atoms with van der Waals surface area (Å²) >= 11 is 0. The number of hydrogen-bond acceptors (Lipinski definition) is 4. The van der Waals surface area contributed by atoms with Gasteiger partial charge >= 0.3 is 0 Å². The molecule has 0 radical (unpaired) electrons. The number of carbonyl (C=O) groups excluding carboxylic acids is 1. The van der Waals surface area contributed by atoms with E-state index in [-0.39, 0.29) is 11.7 Å². The number of ether oxygens (including phenoxy) is 1. The minimum atomic E-state index is -0.366. The Hall–Kier alpha value is -2.70. The average molecular weight is 407 g/mol. The smallest absolute Gasteiger partial charge is 0.260 e. The topological polar surface area (TPSA) is 44.8 Å². The summed E-state index contributed by atoms with van der Waals surface area (Å²) in [6.07, 6.45) is 3.84. The lowest BCUT2D eigenvalue weighted by Crippen LogP contribution is -2.44. The SMILES string of the molecule is CCN(Cc1ccc2c(c1)COC2=C1C(=O)Nc2ccc(F)cc21)N1CCCCC1. The van der Waals surface area contributed by atoms with Crippen LogP contribution >= 0.6 is 0 Å². The molecule has 0 saturated carbocycles. The molecule has 3 aliphatic heterocycles. The maximum Gasteiger partial charge on any atom is 0.260 e. The van der Waals surface area contributed by atoms with E-state index in [1.54, 1.807) is 6.07 Å². The Kier molecular flexibility index (Phi) is 5.05. The van der Waals surface area contributed by atoms with Gasteiger partial charge in [0.25, 0.3) is 5.91 Å². The molecule has 3 aliphatic rings. The molecule has 0 atom stereocenters. The van der Waals surface area contributed by atoms with Crippen molar-refractivity contribution in [3.05, 3.63) is 64.5 Å². The number of piperidine rings is 1. The van der Waals surface area contributed by atoms with Gasteiger partial charge in [0.1, 0.15) is 18.2 Å². The molecule has 2 aromatic carbocycles. The predicted molar refractivity (Wildman–Crippen MR) is 115 cm³/mol. The molecule has 1 amide bonds. The molecule has 5 nitrogen and oxygen atoms in total. The molecule has 0 bridgehead atoms. The molecule has 1 saturated heterocycles. The molecule has 5 rings (SSSR count). The van der Waals surface area contributed by atoms with Crippen molar-refractivity contribution >= 4 is 22.9 Å². The van der Waals surface area contributed by atoms with Crippen molar-refractivity contribution in [2.45, 2.75) is 39.3 Å². The molecular weight excluding hydrogens is 381 g/mol. The fourth-order valence-corrected chi connectivity index (χ4v) is 4.67. The van der Waals surface area contributed by atoms with Crippen LogP contribution in [0.3, 0.4) is 0 Å². The molecule has 156 valence electrons. The molecule has 30 heavy (non-hydrogen) atoms. The van der Waals surface area contributed by atoms with Crippen LogP contribution in [0.1, 0.15) is 48.4 Å². The third-order valence-electron chi connectivity index (χ3n) is 6.20. The maximum absolute atomic E-state index is 13.8. The van der Waals surface area contributed by atoms with Crippen LogP contribution in [0.15, 0.2) is 36.4 Å². The summed E-state index contributed by atoms with van der Waals surface area (Å²) in [6, 6.07) is 10.7. The van der Waals surface area contributed by atoms with E-state index >= 15 is 0 Å². The van der Waals surface area contributed by atoms with Gasteiger partial charge < -0.3 is 10.1 Å². The van der Waals surface area contributed by atoms with Gasteiger partial charge in [-0.2, -0.15) is 0 Å². The monoisotopic (exact) mass is 407 g/mol. The second-order valence-electron chi connectivity index (χ2n) is 8.12. The zero-order valence-corrected chi connectivity index (χ0v) is 17.2. The third kappa shape index (κ3) is 3.40. The van der Waals surface area contributed by atoms with Crippen molar-refractivity contribution in [2.75, 3.05) is 25.0 Å². The fourth-order valence-electron chi connectivity index (χ4n) is 4.67. The number of fused-ring (bicyclic) bond motifs is 2. The van der Waals surface area contributed by atoms with Crippen LogP contribution in [0.2, 0.25) is 0 Å². The van der Waals surface area contributed by atoms with Gasteiger partial charge in [-0.05, 0) is 36.6 Å². The van der Waals surface area contributed by atoms with E-state index in [1.165, 1.54) is 37.0 Å². The molecule has 0 aliphatic carbocycles. The largest absolute Gasteiger partial charge is 0.487 e. The number of nitrogens with zero attached hydrogens (tertiary/aromatic N) is 2. The van der Waals surface area contributed by atoms with Crippen molar-refractivity contribution in [3.63, 3.8) is 0 Å². The lowest BCUT2D eigenvalue weighted by molar-refractivity contribution is -0.110. The van der Waals surface area contributed by atoms with Gasteiger partial charge in [-0.3, -0.25) is 4.79 Å². The molecule has 0 unspecified atom stereocenters. The van der Waals surface area contributed by atoms with Gasteiger partial charge in [0.15, 0.2) is 0 Å². The zero-order valence-electron chi connectivity index (χ0n) is 17.2. The van der Waals surface area contributed by atoms with Crippen LogP contribution in [-0.2, 0) is 22.7 Å². The van der Waals surface area contributed by atoms with E-state index in [1.807, 2.05) is 6.07 Å². The normalized spacial score (nSPS) is 20.8. The first kappa shape index (κ1) is 19.3. The second-order valence-corrected chi connectivity index (χ2v) is 8.12. The minimum Gasteiger partial charge on any atom is -0.487 e. The van der Waals surface area contributed by atoms with Crippen LogP contribution in [0.5, 0.6) is 0 Å². The summed E-state index contributed by atoms with van der Waals surface area (Å²) in [7, 11) is 0. The number of hydrazine groups is 1. The Morgan fingerprint density at radius 2 is 1.93 bits per heavy atom. The van der Waals surface area contributed by atoms with E-state index in [2.05, 4.69) is 34.4 Å². The molecule has 0 aromatic heterocycles. The first-order valence-corrected chi connectivity index (χ1v) is 10.7. The Bertz CT molecular complexity index is 1030. The Balaban J connectivity index is 1.44. The van der Waals surface area contributed by atoms with Crippen LogP contribution in [0, 0.1) is 5.82 Å². The number of hydrogen-bond donors (Lipinski definition) is 1. The van der Waals surface area contributed by atoms with Crippen molar-refractivity contribution < 1.29 is 13.9 Å². The summed E-state index contributed by atoms with van der Waals surface area (Å²) in [6.45, 7) is 6.72. The number of benzene rings is 2. The van der Waals surface area contributed by atoms with Crippen LogP contribution in [-0.4, -0.2) is 35.6 Å². The zero-order chi connectivity index (χ0) is 20.7. The summed E-state index contributed by atoms with van der Waals surface area (Å²) in [4.78, 5) is 12.6. The first-order chi connectivity index (χ1) is 14.6. The molecular formula is C24H26FN3O2.